The van der Waals surface area contributed by atoms with Crippen LogP contribution in [0.15, 0.2) is 18.2 Å². The summed E-state index contributed by atoms with van der Waals surface area (Å²) in [6.45, 7) is 0.367. The maximum atomic E-state index is 12.4. The van der Waals surface area contributed by atoms with Gasteiger partial charge in [-0.05, 0) is 25.0 Å². The third-order valence-electron chi connectivity index (χ3n) is 3.87. The SMILES string of the molecule is COc1cccc2c1CN(C1CCC(O)NC1=O)C2=O. The zero-order valence-corrected chi connectivity index (χ0v) is 11.1. The van der Waals surface area contributed by atoms with Crippen molar-refractivity contribution in [2.24, 2.45) is 0 Å². The summed E-state index contributed by atoms with van der Waals surface area (Å²) in [5.74, 6) is 0.203. The first kappa shape index (κ1) is 12.9. The molecule has 0 saturated carbocycles. The molecule has 0 bridgehead atoms. The summed E-state index contributed by atoms with van der Waals surface area (Å²) in [5.41, 5.74) is 1.40. The van der Waals surface area contributed by atoms with Gasteiger partial charge in [0.25, 0.3) is 5.91 Å². The zero-order chi connectivity index (χ0) is 14.3. The molecule has 1 saturated heterocycles. The Hall–Kier alpha value is -2.08. The topological polar surface area (TPSA) is 78.9 Å². The summed E-state index contributed by atoms with van der Waals surface area (Å²) < 4.78 is 5.27. The Morgan fingerprint density at radius 3 is 2.85 bits per heavy atom. The number of aliphatic hydroxyl groups excluding tert-OH is 1. The fraction of sp³-hybridized carbons (Fsp3) is 0.429. The van der Waals surface area contributed by atoms with Crippen LogP contribution in [0.3, 0.4) is 0 Å². The Balaban J connectivity index is 1.88. The lowest BCUT2D eigenvalue weighted by Crippen LogP contribution is -2.54. The molecular weight excluding hydrogens is 260 g/mol. The predicted molar refractivity (Wildman–Crippen MR) is 70.0 cm³/mol. The molecular formula is C14H16N2O4. The number of methoxy groups -OCH3 is 1. The van der Waals surface area contributed by atoms with E-state index in [-0.39, 0.29) is 11.8 Å². The van der Waals surface area contributed by atoms with E-state index in [1.54, 1.807) is 30.2 Å². The van der Waals surface area contributed by atoms with Crippen molar-refractivity contribution in [2.45, 2.75) is 31.7 Å². The van der Waals surface area contributed by atoms with E-state index in [0.717, 1.165) is 5.56 Å². The van der Waals surface area contributed by atoms with Gasteiger partial charge in [-0.1, -0.05) is 6.07 Å². The Morgan fingerprint density at radius 2 is 2.15 bits per heavy atom. The molecule has 0 aliphatic carbocycles. The van der Waals surface area contributed by atoms with Gasteiger partial charge in [0.05, 0.1) is 13.7 Å². The molecule has 2 heterocycles. The molecule has 2 amide bonds. The molecule has 0 aromatic heterocycles. The number of aliphatic hydroxyl groups is 1. The Labute approximate surface area is 116 Å². The van der Waals surface area contributed by atoms with Crippen molar-refractivity contribution < 1.29 is 19.4 Å². The molecule has 1 fully saturated rings. The number of hydrogen-bond acceptors (Lipinski definition) is 4. The maximum Gasteiger partial charge on any atom is 0.255 e. The van der Waals surface area contributed by atoms with E-state index in [9.17, 15) is 14.7 Å². The molecule has 0 radical (unpaired) electrons. The van der Waals surface area contributed by atoms with E-state index < -0.39 is 12.3 Å². The molecule has 2 aliphatic rings. The standard InChI is InChI=1S/C14H16N2O4/c1-20-11-4-2-3-8-9(11)7-16(14(8)19)10-5-6-12(17)15-13(10)18/h2-4,10,12,17H,5-7H2,1H3,(H,15,18). The summed E-state index contributed by atoms with van der Waals surface area (Å²) in [6.07, 6.45) is 0.108. The van der Waals surface area contributed by atoms with Crippen LogP contribution in [-0.2, 0) is 11.3 Å². The van der Waals surface area contributed by atoms with E-state index in [0.29, 0.717) is 30.7 Å². The number of hydrogen-bond donors (Lipinski definition) is 2. The third kappa shape index (κ3) is 1.92. The molecule has 20 heavy (non-hydrogen) atoms. The number of amides is 2. The van der Waals surface area contributed by atoms with E-state index in [1.165, 1.54) is 0 Å². The van der Waals surface area contributed by atoms with Gasteiger partial charge < -0.3 is 20.1 Å². The van der Waals surface area contributed by atoms with E-state index in [2.05, 4.69) is 5.32 Å². The normalized spacial score (nSPS) is 25.4. The molecule has 2 atom stereocenters. The number of rotatable bonds is 2. The van der Waals surface area contributed by atoms with Gasteiger partial charge in [-0.2, -0.15) is 0 Å². The van der Waals surface area contributed by atoms with Gasteiger partial charge >= 0.3 is 0 Å². The summed E-state index contributed by atoms with van der Waals surface area (Å²) in [4.78, 5) is 25.9. The van der Waals surface area contributed by atoms with Gasteiger partial charge in [0.2, 0.25) is 5.91 Å². The van der Waals surface area contributed by atoms with Crippen molar-refractivity contribution in [3.05, 3.63) is 29.3 Å². The van der Waals surface area contributed by atoms with Crippen LogP contribution in [0.4, 0.5) is 0 Å². The average molecular weight is 276 g/mol. The maximum absolute atomic E-state index is 12.4. The lowest BCUT2D eigenvalue weighted by Gasteiger charge is -2.32. The van der Waals surface area contributed by atoms with Gasteiger partial charge in [0.15, 0.2) is 0 Å². The monoisotopic (exact) mass is 276 g/mol. The largest absolute Gasteiger partial charge is 0.496 e. The van der Waals surface area contributed by atoms with Crippen molar-refractivity contribution in [2.75, 3.05) is 7.11 Å². The quantitative estimate of drug-likeness (QED) is 0.811. The summed E-state index contributed by atoms with van der Waals surface area (Å²) in [5, 5.41) is 11.9. The number of fused-ring (bicyclic) bond motifs is 1. The second kappa shape index (κ2) is 4.79. The third-order valence-corrected chi connectivity index (χ3v) is 3.87. The fourth-order valence-electron chi connectivity index (χ4n) is 2.85. The first-order chi connectivity index (χ1) is 9.61. The first-order valence-electron chi connectivity index (χ1n) is 6.57. The molecule has 2 unspecified atom stereocenters. The molecule has 2 N–H and O–H groups in total. The van der Waals surface area contributed by atoms with Gasteiger partial charge in [-0.3, -0.25) is 9.59 Å². The van der Waals surface area contributed by atoms with Crippen molar-refractivity contribution in [3.63, 3.8) is 0 Å². The number of piperidine rings is 1. The minimum atomic E-state index is -0.812. The predicted octanol–water partition coefficient (Wildman–Crippen LogP) is 0.248. The first-order valence-corrected chi connectivity index (χ1v) is 6.57. The van der Waals surface area contributed by atoms with E-state index >= 15 is 0 Å². The lowest BCUT2D eigenvalue weighted by atomic mass is 10.0. The molecule has 2 aliphatic heterocycles. The Kier molecular flexibility index (Phi) is 3.10. The summed E-state index contributed by atoms with van der Waals surface area (Å²) >= 11 is 0. The number of nitrogens with one attached hydrogen (secondary N) is 1. The summed E-state index contributed by atoms with van der Waals surface area (Å²) in [6, 6.07) is 4.79. The second-order valence-corrected chi connectivity index (χ2v) is 5.04. The highest BCUT2D eigenvalue weighted by Gasteiger charge is 2.39. The summed E-state index contributed by atoms with van der Waals surface area (Å²) in [7, 11) is 1.56. The lowest BCUT2D eigenvalue weighted by molar-refractivity contribution is -0.132. The van der Waals surface area contributed by atoms with Gasteiger partial charge in [-0.25, -0.2) is 0 Å². The molecule has 106 valence electrons. The van der Waals surface area contributed by atoms with Crippen molar-refractivity contribution >= 4 is 11.8 Å². The van der Waals surface area contributed by atoms with Crippen molar-refractivity contribution in [3.8, 4) is 5.75 Å². The number of benzene rings is 1. The van der Waals surface area contributed by atoms with Crippen LogP contribution >= 0.6 is 0 Å². The van der Waals surface area contributed by atoms with Crippen LogP contribution in [0.2, 0.25) is 0 Å². The van der Waals surface area contributed by atoms with Crippen LogP contribution in [0, 0.1) is 0 Å². The van der Waals surface area contributed by atoms with E-state index in [1.807, 2.05) is 0 Å². The Morgan fingerprint density at radius 1 is 1.35 bits per heavy atom. The van der Waals surface area contributed by atoms with Crippen LogP contribution in [-0.4, -0.2) is 41.2 Å². The molecule has 6 nitrogen and oxygen atoms in total. The van der Waals surface area contributed by atoms with Gasteiger partial charge in [0, 0.05) is 11.1 Å². The Bertz CT molecular complexity index is 572. The molecule has 3 rings (SSSR count). The number of carbonyl (C=O) groups excluding carboxylic acids is 2. The van der Waals surface area contributed by atoms with Crippen molar-refractivity contribution in [1.82, 2.24) is 10.2 Å². The highest BCUT2D eigenvalue weighted by atomic mass is 16.5. The number of nitrogens with zero attached hydrogens (tertiary/aromatic N) is 1. The molecule has 1 aromatic carbocycles. The fourth-order valence-corrected chi connectivity index (χ4v) is 2.85. The smallest absolute Gasteiger partial charge is 0.255 e. The molecule has 0 spiro atoms. The minimum Gasteiger partial charge on any atom is -0.496 e. The molecule has 6 heteroatoms. The number of carbonyl (C=O) groups is 2. The second-order valence-electron chi connectivity index (χ2n) is 5.04. The zero-order valence-electron chi connectivity index (χ0n) is 11.1. The highest BCUT2D eigenvalue weighted by Crippen LogP contribution is 2.33. The van der Waals surface area contributed by atoms with Gasteiger partial charge in [-0.15, -0.1) is 0 Å². The van der Waals surface area contributed by atoms with Crippen LogP contribution in [0.5, 0.6) is 5.75 Å². The average Bonchev–Trinajstić information content (AvgIpc) is 2.76. The molecule has 1 aromatic rings. The van der Waals surface area contributed by atoms with Crippen LogP contribution < -0.4 is 10.1 Å². The van der Waals surface area contributed by atoms with E-state index in [4.69, 9.17) is 4.74 Å². The van der Waals surface area contributed by atoms with Gasteiger partial charge in [0.1, 0.15) is 18.0 Å². The van der Waals surface area contributed by atoms with Crippen LogP contribution in [0.1, 0.15) is 28.8 Å². The van der Waals surface area contributed by atoms with Crippen LogP contribution in [0.25, 0.3) is 0 Å². The minimum absolute atomic E-state index is 0.157. The highest BCUT2D eigenvalue weighted by molar-refractivity contribution is 6.01. The van der Waals surface area contributed by atoms with Crippen molar-refractivity contribution in [1.29, 1.82) is 0 Å². The number of ether oxygens (including phenoxy) is 1.